The van der Waals surface area contributed by atoms with Gasteiger partial charge in [0.2, 0.25) is 0 Å². The van der Waals surface area contributed by atoms with Crippen LogP contribution in [0.3, 0.4) is 0 Å². The van der Waals surface area contributed by atoms with Gasteiger partial charge >= 0.3 is 0 Å². The van der Waals surface area contributed by atoms with Crippen LogP contribution in [-0.4, -0.2) is 16.6 Å². The third-order valence-electron chi connectivity index (χ3n) is 4.26. The number of hydrogen-bond acceptors (Lipinski definition) is 3. The van der Waals surface area contributed by atoms with Crippen molar-refractivity contribution >= 4 is 27.5 Å². The molecule has 0 fully saturated rings. The Morgan fingerprint density at radius 1 is 1.15 bits per heavy atom. The number of carbonyl (C=O) groups excluding carboxylic acids is 1. The molecule has 0 unspecified atom stereocenters. The molecule has 6 heteroatoms. The predicted octanol–water partition coefficient (Wildman–Crippen LogP) is 5.17. The summed E-state index contributed by atoms with van der Waals surface area (Å²) in [7, 11) is 0. The van der Waals surface area contributed by atoms with Gasteiger partial charge < -0.3 is 4.42 Å². The van der Waals surface area contributed by atoms with Gasteiger partial charge in [0.05, 0.1) is 17.9 Å². The van der Waals surface area contributed by atoms with E-state index in [2.05, 4.69) is 21.0 Å². The van der Waals surface area contributed by atoms with Crippen LogP contribution >= 0.6 is 15.9 Å². The molecule has 0 radical (unpaired) electrons. The van der Waals surface area contributed by atoms with Gasteiger partial charge in [0.15, 0.2) is 0 Å². The summed E-state index contributed by atoms with van der Waals surface area (Å²) < 4.78 is 20.5. The van der Waals surface area contributed by atoms with Gasteiger partial charge in [0.1, 0.15) is 17.3 Å². The fourth-order valence-corrected chi connectivity index (χ4v) is 3.44. The van der Waals surface area contributed by atoms with Gasteiger partial charge in [-0.1, -0.05) is 40.2 Å². The number of amides is 1. The minimum atomic E-state index is -0.563. The van der Waals surface area contributed by atoms with Crippen LogP contribution in [-0.2, 0) is 0 Å². The second-order valence-corrected chi connectivity index (χ2v) is 6.84. The van der Waals surface area contributed by atoms with Crippen LogP contribution in [0.5, 0.6) is 0 Å². The number of hydrogen-bond donors (Lipinski definition) is 0. The van der Waals surface area contributed by atoms with Crippen molar-refractivity contribution in [1.82, 2.24) is 5.01 Å². The number of nitrogens with zero attached hydrogens (tertiary/aromatic N) is 2. The first kappa shape index (κ1) is 16.7. The minimum absolute atomic E-state index is 0.00283. The molecule has 1 aliphatic rings. The second kappa shape index (κ2) is 6.88. The van der Waals surface area contributed by atoms with Gasteiger partial charge in [0, 0.05) is 10.9 Å². The highest BCUT2D eigenvalue weighted by Gasteiger charge is 2.35. The maximum atomic E-state index is 14.1. The first-order chi connectivity index (χ1) is 12.6. The third-order valence-corrected chi connectivity index (χ3v) is 4.76. The van der Waals surface area contributed by atoms with Crippen molar-refractivity contribution in [3.05, 3.63) is 94.1 Å². The van der Waals surface area contributed by atoms with E-state index in [0.717, 1.165) is 10.0 Å². The molecule has 4 rings (SSSR count). The Kier molecular flexibility index (Phi) is 4.42. The Morgan fingerprint density at radius 2 is 2.00 bits per heavy atom. The van der Waals surface area contributed by atoms with E-state index in [4.69, 9.17) is 4.42 Å². The number of furan rings is 1. The number of benzene rings is 2. The quantitative estimate of drug-likeness (QED) is 0.595. The monoisotopic (exact) mass is 412 g/mol. The molecule has 0 saturated carbocycles. The van der Waals surface area contributed by atoms with E-state index in [0.29, 0.717) is 17.9 Å². The van der Waals surface area contributed by atoms with Crippen molar-refractivity contribution in [2.45, 2.75) is 12.5 Å². The maximum absolute atomic E-state index is 14.1. The summed E-state index contributed by atoms with van der Waals surface area (Å²) in [5.74, 6) is -0.435. The van der Waals surface area contributed by atoms with Crippen LogP contribution in [0.2, 0.25) is 0 Å². The molecule has 0 aliphatic carbocycles. The van der Waals surface area contributed by atoms with Crippen LogP contribution in [0.4, 0.5) is 4.39 Å². The lowest BCUT2D eigenvalue weighted by Crippen LogP contribution is -2.27. The normalized spacial score (nSPS) is 16.6. The van der Waals surface area contributed by atoms with Gasteiger partial charge in [-0.25, -0.2) is 9.40 Å². The molecule has 1 atom stereocenters. The summed E-state index contributed by atoms with van der Waals surface area (Å²) in [6.07, 6.45) is 2.05. The van der Waals surface area contributed by atoms with Crippen LogP contribution in [0.15, 0.2) is 80.9 Å². The van der Waals surface area contributed by atoms with Crippen molar-refractivity contribution in [1.29, 1.82) is 0 Å². The van der Waals surface area contributed by atoms with Gasteiger partial charge in [-0.05, 0) is 42.0 Å². The zero-order chi connectivity index (χ0) is 18.1. The molecular weight excluding hydrogens is 399 g/mol. The molecule has 4 nitrogen and oxygen atoms in total. The predicted molar refractivity (Wildman–Crippen MR) is 99.3 cm³/mol. The summed E-state index contributed by atoms with van der Waals surface area (Å²) in [5.41, 5.74) is 1.57. The average molecular weight is 413 g/mol. The molecule has 0 bridgehead atoms. The highest BCUT2D eigenvalue weighted by Crippen LogP contribution is 2.35. The molecule has 1 amide bonds. The summed E-state index contributed by atoms with van der Waals surface area (Å²) in [6.45, 7) is 0. The van der Waals surface area contributed by atoms with Crippen LogP contribution in [0, 0.1) is 5.82 Å². The van der Waals surface area contributed by atoms with Gasteiger partial charge in [-0.2, -0.15) is 5.10 Å². The van der Waals surface area contributed by atoms with Crippen molar-refractivity contribution in [2.24, 2.45) is 5.10 Å². The first-order valence-electron chi connectivity index (χ1n) is 8.08. The largest absolute Gasteiger partial charge is 0.463 e. The van der Waals surface area contributed by atoms with Crippen LogP contribution < -0.4 is 0 Å². The van der Waals surface area contributed by atoms with Gasteiger partial charge in [-0.15, -0.1) is 0 Å². The van der Waals surface area contributed by atoms with Crippen LogP contribution in [0.25, 0.3) is 0 Å². The minimum Gasteiger partial charge on any atom is -0.463 e. The highest BCUT2D eigenvalue weighted by atomic mass is 79.9. The average Bonchev–Trinajstić information content (AvgIpc) is 3.31. The molecule has 3 aromatic rings. The zero-order valence-electron chi connectivity index (χ0n) is 13.6. The molecule has 2 heterocycles. The Hall–Kier alpha value is -2.73. The summed E-state index contributed by atoms with van der Waals surface area (Å²) >= 11 is 3.46. The number of carbonyl (C=O) groups is 1. The van der Waals surface area contributed by atoms with Gasteiger partial charge in [-0.3, -0.25) is 4.79 Å². The van der Waals surface area contributed by atoms with Crippen LogP contribution in [0.1, 0.15) is 34.1 Å². The standard InChI is InChI=1S/C20H14BrFN2O2/c21-14-6-3-5-13(11-14)18-12-17(19-9-4-10-26-19)23-24(18)20(25)15-7-1-2-8-16(15)22/h1-11,18H,12H2/t18-/m1/s1. The maximum Gasteiger partial charge on any atom is 0.277 e. The molecule has 2 aromatic carbocycles. The lowest BCUT2D eigenvalue weighted by Gasteiger charge is -2.22. The lowest BCUT2D eigenvalue weighted by molar-refractivity contribution is 0.0706. The summed E-state index contributed by atoms with van der Waals surface area (Å²) in [6, 6.07) is 16.8. The topological polar surface area (TPSA) is 45.8 Å². The molecule has 130 valence electrons. The van der Waals surface area contributed by atoms with E-state index in [1.807, 2.05) is 24.3 Å². The molecule has 0 spiro atoms. The Balaban J connectivity index is 1.76. The SMILES string of the molecule is O=C(c1ccccc1F)N1N=C(c2ccco2)C[C@@H]1c1cccc(Br)c1. The van der Waals surface area contributed by atoms with E-state index < -0.39 is 11.7 Å². The van der Waals surface area contributed by atoms with Crippen molar-refractivity contribution < 1.29 is 13.6 Å². The molecule has 1 aromatic heterocycles. The molecule has 1 aliphatic heterocycles. The van der Waals surface area contributed by atoms with Crippen molar-refractivity contribution in [3.63, 3.8) is 0 Å². The number of hydrazone groups is 1. The summed E-state index contributed by atoms with van der Waals surface area (Å²) in [5, 5.41) is 5.81. The highest BCUT2D eigenvalue weighted by molar-refractivity contribution is 9.10. The Bertz CT molecular complexity index is 985. The number of halogens is 2. The van der Waals surface area contributed by atoms with E-state index in [1.165, 1.54) is 17.1 Å². The lowest BCUT2D eigenvalue weighted by atomic mass is 10.0. The molecular formula is C20H14BrFN2O2. The smallest absolute Gasteiger partial charge is 0.277 e. The Labute approximate surface area is 158 Å². The van der Waals surface area contributed by atoms with Crippen molar-refractivity contribution in [3.8, 4) is 0 Å². The third kappa shape index (κ3) is 3.08. The second-order valence-electron chi connectivity index (χ2n) is 5.93. The zero-order valence-corrected chi connectivity index (χ0v) is 15.2. The summed E-state index contributed by atoms with van der Waals surface area (Å²) in [4.78, 5) is 13.0. The van der Waals surface area contributed by atoms with E-state index in [9.17, 15) is 9.18 Å². The fourth-order valence-electron chi connectivity index (χ4n) is 3.02. The van der Waals surface area contributed by atoms with E-state index >= 15 is 0 Å². The molecule has 26 heavy (non-hydrogen) atoms. The van der Waals surface area contributed by atoms with E-state index in [1.54, 1.807) is 30.5 Å². The fraction of sp³-hybridized carbons (Fsp3) is 0.100. The van der Waals surface area contributed by atoms with Crippen molar-refractivity contribution in [2.75, 3.05) is 0 Å². The molecule has 0 saturated heterocycles. The van der Waals surface area contributed by atoms with Gasteiger partial charge in [0.25, 0.3) is 5.91 Å². The Morgan fingerprint density at radius 3 is 2.73 bits per heavy atom. The first-order valence-corrected chi connectivity index (χ1v) is 8.87. The molecule has 0 N–H and O–H groups in total. The number of rotatable bonds is 3. The van der Waals surface area contributed by atoms with E-state index in [-0.39, 0.29) is 11.6 Å².